The second-order valence-corrected chi connectivity index (χ2v) is 7.04. The number of hydrogen-bond donors (Lipinski definition) is 2. The van der Waals surface area contributed by atoms with Crippen LogP contribution in [0.15, 0.2) is 21.6 Å². The monoisotopic (exact) mass is 318 g/mol. The molecule has 0 atom stereocenters. The largest absolute Gasteiger partial charge is 0.447 e. The van der Waals surface area contributed by atoms with Gasteiger partial charge in [0.25, 0.3) is 10.0 Å². The van der Waals surface area contributed by atoms with Crippen LogP contribution < -0.4 is 10.0 Å². The van der Waals surface area contributed by atoms with E-state index in [1.807, 2.05) is 0 Å². The molecule has 1 rings (SSSR count). The van der Waals surface area contributed by atoms with E-state index < -0.39 is 10.0 Å². The van der Waals surface area contributed by atoms with Crippen LogP contribution in [-0.2, 0) is 21.3 Å². The van der Waals surface area contributed by atoms with Crippen molar-refractivity contribution < 1.29 is 17.6 Å². The highest BCUT2D eigenvalue weighted by Gasteiger charge is 2.17. The normalized spacial score (nSPS) is 12.2. The Bertz CT molecular complexity index is 497. The molecule has 0 radical (unpaired) electrons. The minimum absolute atomic E-state index is 0.0319. The molecule has 0 amide bonds. The molecule has 0 aliphatic rings. The Hall–Kier alpha value is -0.890. The smallest absolute Gasteiger partial charge is 0.273 e. The standard InChI is InChI=1S/C14H26N2O4S/c1-12(2)10-15-11-13-6-7-14(20-13)21(17,18)16-8-4-5-9-19-3/h6-7,12,15-16H,4-5,8-11H2,1-3H3. The summed E-state index contributed by atoms with van der Waals surface area (Å²) in [7, 11) is -1.93. The van der Waals surface area contributed by atoms with Crippen molar-refractivity contribution in [1.29, 1.82) is 0 Å². The molecule has 1 heterocycles. The van der Waals surface area contributed by atoms with E-state index in [0.717, 1.165) is 19.4 Å². The van der Waals surface area contributed by atoms with E-state index in [1.165, 1.54) is 6.07 Å². The maximum atomic E-state index is 12.0. The fourth-order valence-electron chi connectivity index (χ4n) is 1.73. The van der Waals surface area contributed by atoms with Crippen molar-refractivity contribution in [1.82, 2.24) is 10.0 Å². The number of unbranched alkanes of at least 4 members (excludes halogenated alkanes) is 1. The number of sulfonamides is 1. The highest BCUT2D eigenvalue weighted by atomic mass is 32.2. The number of methoxy groups -OCH3 is 1. The number of nitrogens with one attached hydrogen (secondary N) is 2. The van der Waals surface area contributed by atoms with Crippen LogP contribution in [0.1, 0.15) is 32.4 Å². The van der Waals surface area contributed by atoms with Gasteiger partial charge in [0.1, 0.15) is 5.76 Å². The minimum atomic E-state index is -3.55. The molecule has 21 heavy (non-hydrogen) atoms. The van der Waals surface area contributed by atoms with Gasteiger partial charge in [-0.25, -0.2) is 13.1 Å². The summed E-state index contributed by atoms with van der Waals surface area (Å²) in [4.78, 5) is 0. The first-order valence-electron chi connectivity index (χ1n) is 7.23. The van der Waals surface area contributed by atoms with E-state index >= 15 is 0 Å². The average Bonchev–Trinajstić information content (AvgIpc) is 2.87. The summed E-state index contributed by atoms with van der Waals surface area (Å²) < 4.78 is 36.8. The molecule has 6 nitrogen and oxygen atoms in total. The van der Waals surface area contributed by atoms with E-state index in [9.17, 15) is 8.42 Å². The zero-order chi connectivity index (χ0) is 15.7. The van der Waals surface area contributed by atoms with Crippen LogP contribution in [0.2, 0.25) is 0 Å². The molecule has 0 saturated carbocycles. The van der Waals surface area contributed by atoms with Crippen molar-refractivity contribution in [2.45, 2.75) is 38.3 Å². The average molecular weight is 318 g/mol. The number of rotatable bonds is 11. The SMILES string of the molecule is COCCCCNS(=O)(=O)c1ccc(CNCC(C)C)o1. The molecule has 1 aromatic rings. The van der Waals surface area contributed by atoms with Crippen molar-refractivity contribution in [2.24, 2.45) is 5.92 Å². The van der Waals surface area contributed by atoms with Crippen LogP contribution in [0, 0.1) is 5.92 Å². The van der Waals surface area contributed by atoms with Gasteiger partial charge in [-0.1, -0.05) is 13.8 Å². The molecule has 122 valence electrons. The predicted octanol–water partition coefficient (Wildman–Crippen LogP) is 1.73. The lowest BCUT2D eigenvalue weighted by molar-refractivity contribution is 0.193. The lowest BCUT2D eigenvalue weighted by Crippen LogP contribution is -2.24. The fourth-order valence-corrected chi connectivity index (χ4v) is 2.75. The molecule has 0 aromatic carbocycles. The summed E-state index contributed by atoms with van der Waals surface area (Å²) in [6.07, 6.45) is 1.55. The molecule has 0 unspecified atom stereocenters. The van der Waals surface area contributed by atoms with Gasteiger partial charge in [0.15, 0.2) is 0 Å². The van der Waals surface area contributed by atoms with Gasteiger partial charge in [-0.3, -0.25) is 0 Å². The second-order valence-electron chi connectivity index (χ2n) is 5.34. The molecule has 0 bridgehead atoms. The van der Waals surface area contributed by atoms with Crippen LogP contribution in [0.25, 0.3) is 0 Å². The third kappa shape index (κ3) is 7.08. The molecule has 0 aliphatic heterocycles. The van der Waals surface area contributed by atoms with E-state index in [0.29, 0.717) is 31.4 Å². The zero-order valence-corrected chi connectivity index (χ0v) is 13.8. The Balaban J connectivity index is 2.42. The van der Waals surface area contributed by atoms with Crippen LogP contribution in [0.5, 0.6) is 0 Å². The third-order valence-electron chi connectivity index (χ3n) is 2.82. The van der Waals surface area contributed by atoms with Crippen LogP contribution in [0.4, 0.5) is 0 Å². The number of hydrogen-bond acceptors (Lipinski definition) is 5. The first-order chi connectivity index (χ1) is 9.95. The van der Waals surface area contributed by atoms with Crippen molar-refractivity contribution >= 4 is 10.0 Å². The van der Waals surface area contributed by atoms with Crippen LogP contribution in [-0.4, -0.2) is 35.2 Å². The quantitative estimate of drug-likeness (QED) is 0.607. The zero-order valence-electron chi connectivity index (χ0n) is 13.0. The summed E-state index contributed by atoms with van der Waals surface area (Å²) in [6.45, 7) is 6.63. The van der Waals surface area contributed by atoms with Crippen LogP contribution in [0.3, 0.4) is 0 Å². The molecular weight excluding hydrogens is 292 g/mol. The van der Waals surface area contributed by atoms with E-state index in [-0.39, 0.29) is 5.09 Å². The molecule has 7 heteroatoms. The maximum Gasteiger partial charge on any atom is 0.273 e. The summed E-state index contributed by atoms with van der Waals surface area (Å²) in [5.74, 6) is 1.16. The Kier molecular flexibility index (Phi) is 7.95. The van der Waals surface area contributed by atoms with E-state index in [1.54, 1.807) is 13.2 Å². The number of furan rings is 1. The predicted molar refractivity (Wildman–Crippen MR) is 81.6 cm³/mol. The first kappa shape index (κ1) is 18.2. The molecule has 0 fully saturated rings. The molecule has 0 spiro atoms. The third-order valence-corrected chi connectivity index (χ3v) is 4.15. The lowest BCUT2D eigenvalue weighted by atomic mass is 10.2. The Morgan fingerprint density at radius 2 is 2.05 bits per heavy atom. The second kappa shape index (κ2) is 9.19. The van der Waals surface area contributed by atoms with Crippen molar-refractivity contribution in [3.63, 3.8) is 0 Å². The van der Waals surface area contributed by atoms with E-state index in [2.05, 4.69) is 23.9 Å². The molecular formula is C14H26N2O4S. The Morgan fingerprint density at radius 1 is 1.29 bits per heavy atom. The van der Waals surface area contributed by atoms with Gasteiger partial charge in [-0.2, -0.15) is 0 Å². The summed E-state index contributed by atoms with van der Waals surface area (Å²) in [6, 6.07) is 3.18. The minimum Gasteiger partial charge on any atom is -0.447 e. The van der Waals surface area contributed by atoms with Gasteiger partial charge < -0.3 is 14.5 Å². The summed E-state index contributed by atoms with van der Waals surface area (Å²) in [5.41, 5.74) is 0. The van der Waals surface area contributed by atoms with Gasteiger partial charge in [0.05, 0.1) is 6.54 Å². The topological polar surface area (TPSA) is 80.6 Å². The number of ether oxygens (including phenoxy) is 1. The lowest BCUT2D eigenvalue weighted by Gasteiger charge is -2.06. The van der Waals surface area contributed by atoms with Crippen molar-refractivity contribution in [2.75, 3.05) is 26.8 Å². The molecule has 1 aromatic heterocycles. The Morgan fingerprint density at radius 3 is 2.71 bits per heavy atom. The highest BCUT2D eigenvalue weighted by Crippen LogP contribution is 2.13. The summed E-state index contributed by atoms with van der Waals surface area (Å²) in [5, 5.41) is 3.18. The van der Waals surface area contributed by atoms with Gasteiger partial charge >= 0.3 is 0 Å². The molecule has 0 saturated heterocycles. The highest BCUT2D eigenvalue weighted by molar-refractivity contribution is 7.89. The molecule has 2 N–H and O–H groups in total. The van der Waals surface area contributed by atoms with Crippen molar-refractivity contribution in [3.05, 3.63) is 17.9 Å². The van der Waals surface area contributed by atoms with Gasteiger partial charge in [-0.05, 0) is 37.4 Å². The summed E-state index contributed by atoms with van der Waals surface area (Å²) >= 11 is 0. The maximum absolute atomic E-state index is 12.0. The van der Waals surface area contributed by atoms with Gasteiger partial charge in [0, 0.05) is 20.3 Å². The fraction of sp³-hybridized carbons (Fsp3) is 0.714. The van der Waals surface area contributed by atoms with Gasteiger partial charge in [-0.15, -0.1) is 0 Å². The van der Waals surface area contributed by atoms with Crippen LogP contribution >= 0.6 is 0 Å². The Labute approximate surface area is 127 Å². The van der Waals surface area contributed by atoms with E-state index in [4.69, 9.17) is 9.15 Å². The van der Waals surface area contributed by atoms with Gasteiger partial charge in [0.2, 0.25) is 5.09 Å². The molecule has 0 aliphatic carbocycles. The van der Waals surface area contributed by atoms with Crippen molar-refractivity contribution in [3.8, 4) is 0 Å². The first-order valence-corrected chi connectivity index (χ1v) is 8.72.